The van der Waals surface area contributed by atoms with Gasteiger partial charge in [0.05, 0.1) is 10.8 Å². The number of hydrogen-bond acceptors (Lipinski definition) is 6. The summed E-state index contributed by atoms with van der Waals surface area (Å²) in [6, 6.07) is 4.18. The summed E-state index contributed by atoms with van der Waals surface area (Å²) in [4.78, 5) is 23.4. The molecule has 120 valence electrons. The van der Waals surface area contributed by atoms with E-state index in [1.807, 2.05) is 0 Å². The van der Waals surface area contributed by atoms with Gasteiger partial charge in [-0.2, -0.15) is 0 Å². The molecule has 1 aromatic carbocycles. The lowest BCUT2D eigenvalue weighted by Gasteiger charge is -2.32. The van der Waals surface area contributed by atoms with E-state index in [2.05, 4.69) is 0 Å². The summed E-state index contributed by atoms with van der Waals surface area (Å²) in [7, 11) is -3.73. The van der Waals surface area contributed by atoms with Crippen molar-refractivity contribution in [3.05, 3.63) is 28.3 Å². The fraction of sp³-hybridized carbons (Fsp3) is 0.462. The van der Waals surface area contributed by atoms with Gasteiger partial charge in [0, 0.05) is 19.3 Å². The Labute approximate surface area is 128 Å². The van der Waals surface area contributed by atoms with Gasteiger partial charge in [0.2, 0.25) is 5.91 Å². The Bertz CT molecular complexity index is 716. The predicted molar refractivity (Wildman–Crippen MR) is 80.3 cm³/mol. The topological polar surface area (TPSA) is 124 Å². The minimum Gasteiger partial charge on any atom is -0.369 e. The van der Waals surface area contributed by atoms with Crippen molar-refractivity contribution < 1.29 is 18.1 Å². The maximum atomic E-state index is 11.8. The summed E-state index contributed by atoms with van der Waals surface area (Å²) in [5.41, 5.74) is 5.07. The van der Waals surface area contributed by atoms with Crippen LogP contribution in [0.25, 0.3) is 0 Å². The van der Waals surface area contributed by atoms with Gasteiger partial charge in [-0.3, -0.25) is 14.9 Å². The lowest BCUT2D eigenvalue weighted by Crippen LogP contribution is -2.41. The molecule has 0 aromatic heterocycles. The van der Waals surface area contributed by atoms with Crippen molar-refractivity contribution in [1.82, 2.24) is 0 Å². The van der Waals surface area contributed by atoms with Gasteiger partial charge in [0.15, 0.2) is 9.84 Å². The van der Waals surface area contributed by atoms with Crippen LogP contribution in [0.2, 0.25) is 0 Å². The molecule has 1 atom stereocenters. The van der Waals surface area contributed by atoms with Crippen molar-refractivity contribution in [2.45, 2.75) is 17.7 Å². The van der Waals surface area contributed by atoms with E-state index in [1.54, 1.807) is 4.90 Å². The molecule has 1 aromatic rings. The van der Waals surface area contributed by atoms with E-state index < -0.39 is 32.3 Å². The molecule has 1 saturated heterocycles. The van der Waals surface area contributed by atoms with E-state index >= 15 is 0 Å². The zero-order chi connectivity index (χ0) is 16.5. The maximum Gasteiger partial charge on any atom is 0.311 e. The number of carbonyl (C=O) groups excluding carboxylic acids is 1. The van der Waals surface area contributed by atoms with E-state index in [0.717, 1.165) is 6.26 Å². The lowest BCUT2D eigenvalue weighted by molar-refractivity contribution is -0.387. The smallest absolute Gasteiger partial charge is 0.311 e. The number of primary amides is 1. The van der Waals surface area contributed by atoms with Crippen molar-refractivity contribution in [2.24, 2.45) is 11.7 Å². The van der Waals surface area contributed by atoms with Crippen LogP contribution in [0, 0.1) is 16.0 Å². The Morgan fingerprint density at radius 1 is 1.45 bits per heavy atom. The number of nitrogens with two attached hydrogens (primary N) is 1. The third-order valence-electron chi connectivity index (χ3n) is 3.72. The number of benzene rings is 1. The van der Waals surface area contributed by atoms with E-state index in [-0.39, 0.29) is 17.1 Å². The molecule has 22 heavy (non-hydrogen) atoms. The summed E-state index contributed by atoms with van der Waals surface area (Å²) in [6.45, 7) is 0.765. The Morgan fingerprint density at radius 2 is 2.14 bits per heavy atom. The summed E-state index contributed by atoms with van der Waals surface area (Å²) in [5.74, 6) is -0.845. The van der Waals surface area contributed by atoms with Crippen LogP contribution in [-0.4, -0.2) is 38.6 Å². The van der Waals surface area contributed by atoms with Crippen LogP contribution in [0.4, 0.5) is 11.4 Å². The van der Waals surface area contributed by atoms with Crippen LogP contribution >= 0.6 is 0 Å². The number of sulfone groups is 1. The first-order valence-corrected chi connectivity index (χ1v) is 8.62. The second-order valence-corrected chi connectivity index (χ2v) is 7.32. The number of para-hydroxylation sites is 1. The van der Waals surface area contributed by atoms with Gasteiger partial charge < -0.3 is 10.6 Å². The molecule has 2 rings (SSSR count). The van der Waals surface area contributed by atoms with Gasteiger partial charge in [0.25, 0.3) is 0 Å². The van der Waals surface area contributed by atoms with Crippen LogP contribution in [0.3, 0.4) is 0 Å². The summed E-state index contributed by atoms with van der Waals surface area (Å²) >= 11 is 0. The molecule has 1 fully saturated rings. The number of hydrogen-bond donors (Lipinski definition) is 1. The van der Waals surface area contributed by atoms with Gasteiger partial charge in [-0.05, 0) is 25.0 Å². The van der Waals surface area contributed by atoms with Crippen molar-refractivity contribution in [2.75, 3.05) is 24.2 Å². The molecule has 1 heterocycles. The van der Waals surface area contributed by atoms with Crippen molar-refractivity contribution in [3.63, 3.8) is 0 Å². The van der Waals surface area contributed by atoms with Gasteiger partial charge >= 0.3 is 5.69 Å². The molecule has 1 aliphatic heterocycles. The van der Waals surface area contributed by atoms with Gasteiger partial charge in [0.1, 0.15) is 10.6 Å². The number of rotatable bonds is 4. The highest BCUT2D eigenvalue weighted by Gasteiger charge is 2.32. The Balaban J connectivity index is 2.51. The molecule has 0 saturated carbocycles. The van der Waals surface area contributed by atoms with Gasteiger partial charge in [-0.15, -0.1) is 0 Å². The van der Waals surface area contributed by atoms with Crippen LogP contribution in [-0.2, 0) is 14.6 Å². The van der Waals surface area contributed by atoms with Gasteiger partial charge in [-0.1, -0.05) is 6.07 Å². The average molecular weight is 327 g/mol. The largest absolute Gasteiger partial charge is 0.369 e. The lowest BCUT2D eigenvalue weighted by atomic mass is 9.97. The van der Waals surface area contributed by atoms with E-state index in [9.17, 15) is 23.3 Å². The van der Waals surface area contributed by atoms with Crippen LogP contribution in [0.1, 0.15) is 12.8 Å². The molecule has 0 bridgehead atoms. The zero-order valence-electron chi connectivity index (χ0n) is 12.1. The zero-order valence-corrected chi connectivity index (χ0v) is 12.9. The van der Waals surface area contributed by atoms with Gasteiger partial charge in [-0.25, -0.2) is 8.42 Å². The third-order valence-corrected chi connectivity index (χ3v) is 4.85. The predicted octanol–water partition coefficient (Wildman–Crippen LogP) is 0.700. The van der Waals surface area contributed by atoms with Crippen LogP contribution < -0.4 is 10.6 Å². The molecule has 0 spiro atoms. The molecule has 0 radical (unpaired) electrons. The normalized spacial score (nSPS) is 19.0. The average Bonchev–Trinajstić information content (AvgIpc) is 2.45. The number of carbonyl (C=O) groups is 1. The summed E-state index contributed by atoms with van der Waals surface area (Å²) in [5, 5.41) is 11.4. The third kappa shape index (κ3) is 3.19. The SMILES string of the molecule is CS(=O)(=O)c1cccc(N2CCCC(C(N)=O)C2)c1[N+](=O)[O-]. The first-order valence-electron chi connectivity index (χ1n) is 6.73. The first-order chi connectivity index (χ1) is 10.2. The number of nitro groups is 1. The highest BCUT2D eigenvalue weighted by Crippen LogP contribution is 2.36. The minimum atomic E-state index is -3.73. The highest BCUT2D eigenvalue weighted by atomic mass is 32.2. The summed E-state index contributed by atoms with van der Waals surface area (Å²) in [6.07, 6.45) is 2.22. The second-order valence-electron chi connectivity index (χ2n) is 5.34. The van der Waals surface area contributed by atoms with E-state index in [1.165, 1.54) is 18.2 Å². The number of nitro benzene ring substituents is 1. The Kier molecular flexibility index (Phi) is 4.36. The van der Waals surface area contributed by atoms with Crippen LogP contribution in [0.5, 0.6) is 0 Å². The first kappa shape index (κ1) is 16.2. The second kappa shape index (κ2) is 5.91. The molecule has 0 aliphatic carbocycles. The van der Waals surface area contributed by atoms with Crippen LogP contribution in [0.15, 0.2) is 23.1 Å². The number of piperidine rings is 1. The standard InChI is InChI=1S/C13H17N3O5S/c1-22(20,21)11-6-2-5-10(12(11)16(18)19)15-7-3-4-9(8-15)13(14)17/h2,5-6,9H,3-4,7-8H2,1H3,(H2,14,17). The van der Waals surface area contributed by atoms with E-state index in [4.69, 9.17) is 5.73 Å². The highest BCUT2D eigenvalue weighted by molar-refractivity contribution is 7.90. The molecular weight excluding hydrogens is 310 g/mol. The van der Waals surface area contributed by atoms with Crippen molar-refractivity contribution in [3.8, 4) is 0 Å². The molecule has 2 N–H and O–H groups in total. The summed E-state index contributed by atoms with van der Waals surface area (Å²) < 4.78 is 23.5. The Hall–Kier alpha value is -2.16. The number of nitrogens with zero attached hydrogens (tertiary/aromatic N) is 2. The Morgan fingerprint density at radius 3 is 2.68 bits per heavy atom. The fourth-order valence-electron chi connectivity index (χ4n) is 2.68. The van der Waals surface area contributed by atoms with Crippen molar-refractivity contribution >= 4 is 27.1 Å². The van der Waals surface area contributed by atoms with E-state index in [0.29, 0.717) is 19.4 Å². The number of anilines is 1. The maximum absolute atomic E-state index is 11.8. The molecule has 9 heteroatoms. The number of amides is 1. The van der Waals surface area contributed by atoms with Crippen molar-refractivity contribution in [1.29, 1.82) is 0 Å². The molecule has 1 amide bonds. The minimum absolute atomic E-state index is 0.207. The monoisotopic (exact) mass is 327 g/mol. The quantitative estimate of drug-likeness (QED) is 0.641. The molecule has 1 unspecified atom stereocenters. The molecule has 8 nitrogen and oxygen atoms in total. The fourth-order valence-corrected chi connectivity index (χ4v) is 3.53. The molecule has 1 aliphatic rings. The molecular formula is C13H17N3O5S.